The fourth-order valence-corrected chi connectivity index (χ4v) is 1.26. The summed E-state index contributed by atoms with van der Waals surface area (Å²) in [5.74, 6) is -1.22. The highest BCUT2D eigenvalue weighted by molar-refractivity contribution is 6.29. The van der Waals surface area contributed by atoms with Crippen molar-refractivity contribution in [2.75, 3.05) is 5.32 Å². The number of rotatable bonds is 2. The molecular weight excluding hydrogens is 247 g/mol. The molecule has 0 spiro atoms. The monoisotopic (exact) mass is 252 g/mol. The molecule has 0 saturated heterocycles. The Morgan fingerprint density at radius 3 is 2.82 bits per heavy atom. The lowest BCUT2D eigenvalue weighted by molar-refractivity contribution is 0.102. The van der Waals surface area contributed by atoms with Crippen LogP contribution in [0, 0.1) is 5.82 Å². The van der Waals surface area contributed by atoms with Crippen LogP contribution < -0.4 is 5.32 Å². The van der Waals surface area contributed by atoms with Gasteiger partial charge in [-0.25, -0.2) is 9.37 Å². The third-order valence-electron chi connectivity index (χ3n) is 1.86. The molecule has 0 unspecified atom stereocenters. The Morgan fingerprint density at radius 1 is 1.29 bits per heavy atom. The van der Waals surface area contributed by atoms with Gasteiger partial charge in [-0.2, -0.15) is 0 Å². The van der Waals surface area contributed by atoms with Crippen LogP contribution in [0.25, 0.3) is 0 Å². The summed E-state index contributed by atoms with van der Waals surface area (Å²) < 4.78 is 13.2. The summed E-state index contributed by atoms with van der Waals surface area (Å²) in [6, 6.07) is 1.34. The van der Waals surface area contributed by atoms with Crippen molar-refractivity contribution in [1.82, 2.24) is 15.0 Å². The van der Waals surface area contributed by atoms with Gasteiger partial charge in [0.15, 0.2) is 5.82 Å². The average molecular weight is 253 g/mol. The fraction of sp³-hybridized carbons (Fsp3) is 0. The van der Waals surface area contributed by atoms with Gasteiger partial charge < -0.3 is 5.32 Å². The van der Waals surface area contributed by atoms with Crippen molar-refractivity contribution >= 4 is 23.2 Å². The van der Waals surface area contributed by atoms with Crippen LogP contribution in [0.2, 0.25) is 5.15 Å². The molecule has 0 saturated carbocycles. The highest BCUT2D eigenvalue weighted by atomic mass is 35.5. The molecule has 17 heavy (non-hydrogen) atoms. The quantitative estimate of drug-likeness (QED) is 0.887. The molecule has 2 aromatic rings. The van der Waals surface area contributed by atoms with E-state index in [4.69, 9.17) is 11.6 Å². The molecule has 86 valence electrons. The molecule has 0 aromatic carbocycles. The molecule has 0 bridgehead atoms. The van der Waals surface area contributed by atoms with Crippen molar-refractivity contribution < 1.29 is 9.18 Å². The summed E-state index contributed by atoms with van der Waals surface area (Å²) in [5.41, 5.74) is 0.0282. The molecule has 0 radical (unpaired) electrons. The molecule has 5 nitrogen and oxygen atoms in total. The van der Waals surface area contributed by atoms with Gasteiger partial charge in [-0.05, 0) is 6.07 Å². The zero-order valence-corrected chi connectivity index (χ0v) is 9.15. The Bertz CT molecular complexity index is 564. The number of pyridine rings is 1. The number of hydrogen-bond donors (Lipinski definition) is 1. The summed E-state index contributed by atoms with van der Waals surface area (Å²) in [6.07, 6.45) is 4.90. The number of halogens is 2. The predicted octanol–water partition coefficient (Wildman–Crippen LogP) is 1.92. The average Bonchev–Trinajstić information content (AvgIpc) is 2.32. The van der Waals surface area contributed by atoms with E-state index in [1.807, 2.05) is 0 Å². The van der Waals surface area contributed by atoms with E-state index >= 15 is 0 Å². The summed E-state index contributed by atoms with van der Waals surface area (Å²) in [5, 5.41) is 2.43. The number of nitrogens with zero attached hydrogens (tertiary/aromatic N) is 3. The van der Waals surface area contributed by atoms with Crippen LogP contribution in [0.5, 0.6) is 0 Å². The molecule has 0 fully saturated rings. The molecule has 0 aliphatic rings. The maximum Gasteiger partial charge on any atom is 0.276 e. The first-order valence-corrected chi connectivity index (χ1v) is 4.93. The standard InChI is InChI=1S/C10H6ClFN4O/c11-9-5-14-4-8(15-9)10(17)16-7-1-2-13-3-6(7)12/h1-5H,(H,13,16,17). The van der Waals surface area contributed by atoms with Crippen molar-refractivity contribution in [2.24, 2.45) is 0 Å². The maximum absolute atomic E-state index is 13.2. The van der Waals surface area contributed by atoms with Crippen LogP contribution in [0.4, 0.5) is 10.1 Å². The van der Waals surface area contributed by atoms with Crippen LogP contribution in [0.3, 0.4) is 0 Å². The highest BCUT2D eigenvalue weighted by Gasteiger charge is 2.11. The lowest BCUT2D eigenvalue weighted by Crippen LogP contribution is -2.15. The van der Waals surface area contributed by atoms with Crippen molar-refractivity contribution in [1.29, 1.82) is 0 Å². The van der Waals surface area contributed by atoms with Crippen molar-refractivity contribution in [3.05, 3.63) is 47.5 Å². The Hall–Kier alpha value is -2.08. The Balaban J connectivity index is 2.20. The number of carbonyl (C=O) groups is 1. The van der Waals surface area contributed by atoms with Crippen LogP contribution in [0.1, 0.15) is 10.5 Å². The highest BCUT2D eigenvalue weighted by Crippen LogP contribution is 2.12. The molecule has 2 heterocycles. The van der Waals surface area contributed by atoms with Crippen molar-refractivity contribution in [2.45, 2.75) is 0 Å². The first kappa shape index (κ1) is 11.4. The number of hydrogen-bond acceptors (Lipinski definition) is 4. The van der Waals surface area contributed by atoms with E-state index in [-0.39, 0.29) is 16.5 Å². The van der Waals surface area contributed by atoms with Gasteiger partial charge in [0.05, 0.1) is 24.3 Å². The van der Waals surface area contributed by atoms with Gasteiger partial charge in [0.1, 0.15) is 10.8 Å². The second-order valence-corrected chi connectivity index (χ2v) is 3.42. The lowest BCUT2D eigenvalue weighted by Gasteiger charge is -2.04. The normalized spacial score (nSPS) is 10.0. The van der Waals surface area contributed by atoms with E-state index in [1.165, 1.54) is 24.7 Å². The summed E-state index contributed by atoms with van der Waals surface area (Å²) in [4.78, 5) is 22.7. The van der Waals surface area contributed by atoms with E-state index in [1.54, 1.807) is 0 Å². The van der Waals surface area contributed by atoms with Gasteiger partial charge in [-0.3, -0.25) is 14.8 Å². The summed E-state index contributed by atoms with van der Waals surface area (Å²) in [7, 11) is 0. The number of nitrogens with one attached hydrogen (secondary N) is 1. The Morgan fingerprint density at radius 2 is 2.12 bits per heavy atom. The molecule has 2 aromatic heterocycles. The SMILES string of the molecule is O=C(Nc1ccncc1F)c1cncc(Cl)n1. The molecular formula is C10H6ClFN4O. The van der Waals surface area contributed by atoms with E-state index < -0.39 is 11.7 Å². The minimum Gasteiger partial charge on any atom is -0.318 e. The van der Waals surface area contributed by atoms with Gasteiger partial charge in [0, 0.05) is 6.20 Å². The number of amides is 1. The van der Waals surface area contributed by atoms with E-state index in [9.17, 15) is 9.18 Å². The summed E-state index contributed by atoms with van der Waals surface area (Å²) in [6.45, 7) is 0. The van der Waals surface area contributed by atoms with Crippen molar-refractivity contribution in [3.8, 4) is 0 Å². The number of aromatic nitrogens is 3. The predicted molar refractivity (Wildman–Crippen MR) is 59.2 cm³/mol. The molecule has 1 amide bonds. The van der Waals surface area contributed by atoms with E-state index in [0.29, 0.717) is 0 Å². The van der Waals surface area contributed by atoms with Crippen LogP contribution in [0.15, 0.2) is 30.9 Å². The van der Waals surface area contributed by atoms with Gasteiger partial charge in [-0.15, -0.1) is 0 Å². The summed E-state index contributed by atoms with van der Waals surface area (Å²) >= 11 is 5.59. The minimum absolute atomic E-state index is 0.00807. The zero-order chi connectivity index (χ0) is 12.3. The van der Waals surface area contributed by atoms with E-state index in [0.717, 1.165) is 6.20 Å². The molecule has 1 N–H and O–H groups in total. The minimum atomic E-state index is -0.629. The maximum atomic E-state index is 13.2. The molecule has 7 heteroatoms. The number of carbonyl (C=O) groups excluding carboxylic acids is 1. The fourth-order valence-electron chi connectivity index (χ4n) is 1.11. The smallest absolute Gasteiger partial charge is 0.276 e. The van der Waals surface area contributed by atoms with Crippen LogP contribution in [-0.4, -0.2) is 20.9 Å². The molecule has 0 aliphatic carbocycles. The second-order valence-electron chi connectivity index (χ2n) is 3.04. The third-order valence-corrected chi connectivity index (χ3v) is 2.04. The number of anilines is 1. The molecule has 0 aliphatic heterocycles. The van der Waals surface area contributed by atoms with Crippen LogP contribution in [-0.2, 0) is 0 Å². The van der Waals surface area contributed by atoms with Gasteiger partial charge in [0.2, 0.25) is 0 Å². The second kappa shape index (κ2) is 4.84. The van der Waals surface area contributed by atoms with Crippen LogP contribution >= 0.6 is 11.6 Å². The Kier molecular flexibility index (Phi) is 3.24. The lowest BCUT2D eigenvalue weighted by atomic mass is 10.3. The first-order chi connectivity index (χ1) is 8.16. The first-order valence-electron chi connectivity index (χ1n) is 4.55. The largest absolute Gasteiger partial charge is 0.318 e. The third kappa shape index (κ3) is 2.73. The zero-order valence-electron chi connectivity index (χ0n) is 8.39. The van der Waals surface area contributed by atoms with E-state index in [2.05, 4.69) is 20.3 Å². The molecule has 0 atom stereocenters. The van der Waals surface area contributed by atoms with Crippen molar-refractivity contribution in [3.63, 3.8) is 0 Å². The molecule has 2 rings (SSSR count). The Labute approximate surface area is 101 Å². The van der Waals surface area contributed by atoms with Gasteiger partial charge in [0.25, 0.3) is 5.91 Å². The van der Waals surface area contributed by atoms with Gasteiger partial charge >= 0.3 is 0 Å². The van der Waals surface area contributed by atoms with Gasteiger partial charge in [-0.1, -0.05) is 11.6 Å². The topological polar surface area (TPSA) is 67.8 Å².